The Balaban J connectivity index is 1.75. The first-order chi connectivity index (χ1) is 13.1. The van der Waals surface area contributed by atoms with Crippen LogP contribution in [0.15, 0.2) is 48.9 Å². The first-order valence-electron chi connectivity index (χ1n) is 8.43. The number of benzene rings is 2. The van der Waals surface area contributed by atoms with Crippen molar-refractivity contribution in [1.29, 1.82) is 0 Å². The largest absolute Gasteiger partial charge is 0.497 e. The van der Waals surface area contributed by atoms with Gasteiger partial charge in [-0.3, -0.25) is 4.40 Å². The first-order valence-corrected chi connectivity index (χ1v) is 8.43. The molecule has 7 heteroatoms. The minimum absolute atomic E-state index is 0.232. The molecule has 136 valence electrons. The van der Waals surface area contributed by atoms with E-state index < -0.39 is 5.97 Å². The number of nitrogens with zero attached hydrogens (tertiary/aromatic N) is 3. The number of aryl methyl sites for hydroxylation is 1. The van der Waals surface area contributed by atoms with Crippen LogP contribution in [0.4, 0.5) is 5.82 Å². The normalized spacial score (nSPS) is 11.0. The molecule has 0 saturated carbocycles. The molecule has 0 unspecified atom stereocenters. The van der Waals surface area contributed by atoms with Crippen LogP contribution in [-0.4, -0.2) is 32.6 Å². The predicted molar refractivity (Wildman–Crippen MR) is 103 cm³/mol. The molecular formula is C20H18N4O3. The molecule has 2 heterocycles. The van der Waals surface area contributed by atoms with Gasteiger partial charge in [0.1, 0.15) is 11.3 Å². The number of rotatable bonds is 5. The number of hydrogen-bond acceptors (Lipinski definition) is 5. The minimum atomic E-state index is -0.963. The maximum Gasteiger partial charge on any atom is 0.335 e. The van der Waals surface area contributed by atoms with Gasteiger partial charge in [-0.05, 0) is 42.3 Å². The smallest absolute Gasteiger partial charge is 0.335 e. The maximum absolute atomic E-state index is 11.4. The molecular weight excluding hydrogens is 344 g/mol. The number of aromatic carboxylic acids is 1. The highest BCUT2D eigenvalue weighted by atomic mass is 16.5. The monoisotopic (exact) mass is 362 g/mol. The van der Waals surface area contributed by atoms with E-state index in [1.54, 1.807) is 31.8 Å². The molecule has 27 heavy (non-hydrogen) atoms. The summed E-state index contributed by atoms with van der Waals surface area (Å²) < 4.78 is 7.04. The molecule has 0 aliphatic heterocycles. The molecule has 0 fully saturated rings. The number of carboxylic acid groups (broad SMARTS) is 1. The quantitative estimate of drug-likeness (QED) is 0.565. The third kappa shape index (κ3) is 3.03. The molecule has 4 rings (SSSR count). The standard InChI is InChI=1S/C20H18N4O3/c1-12-7-14(20(25)26)8-16-18(12)23-19(17-10-21-11-24(16)17)22-9-13-3-5-15(27-2)6-4-13/h3-8,10-11H,9H2,1-2H3,(H,22,23)(H,25,26). The molecule has 2 N–H and O–H groups in total. The van der Waals surface area contributed by atoms with Crippen LogP contribution in [0.2, 0.25) is 0 Å². The molecule has 4 aromatic rings. The molecule has 0 saturated heterocycles. The van der Waals surface area contributed by atoms with Gasteiger partial charge in [0, 0.05) is 6.54 Å². The Morgan fingerprint density at radius 3 is 2.70 bits per heavy atom. The fourth-order valence-corrected chi connectivity index (χ4v) is 3.10. The summed E-state index contributed by atoms with van der Waals surface area (Å²) in [5.74, 6) is 0.544. The molecule has 7 nitrogen and oxygen atoms in total. The average Bonchev–Trinajstić information content (AvgIpc) is 3.17. The number of fused-ring (bicyclic) bond motifs is 3. The van der Waals surface area contributed by atoms with Crippen LogP contribution in [0.25, 0.3) is 16.6 Å². The van der Waals surface area contributed by atoms with Gasteiger partial charge < -0.3 is 15.2 Å². The molecule has 0 spiro atoms. The van der Waals surface area contributed by atoms with Crippen molar-refractivity contribution in [1.82, 2.24) is 14.4 Å². The molecule has 0 aliphatic rings. The SMILES string of the molecule is COc1ccc(CNc2nc3c(C)cc(C(=O)O)cc3n3cncc23)cc1. The van der Waals surface area contributed by atoms with Gasteiger partial charge in [0.2, 0.25) is 0 Å². The van der Waals surface area contributed by atoms with Crippen molar-refractivity contribution in [2.24, 2.45) is 0 Å². The van der Waals surface area contributed by atoms with Crippen molar-refractivity contribution in [2.75, 3.05) is 12.4 Å². The van der Waals surface area contributed by atoms with Crippen molar-refractivity contribution in [2.45, 2.75) is 13.5 Å². The van der Waals surface area contributed by atoms with E-state index in [4.69, 9.17) is 9.72 Å². The Morgan fingerprint density at radius 2 is 2.00 bits per heavy atom. The highest BCUT2D eigenvalue weighted by Crippen LogP contribution is 2.25. The van der Waals surface area contributed by atoms with Crippen LogP contribution in [0.3, 0.4) is 0 Å². The number of imidazole rings is 1. The molecule has 0 amide bonds. The number of nitrogens with one attached hydrogen (secondary N) is 1. The predicted octanol–water partition coefficient (Wildman–Crippen LogP) is 3.51. The third-order valence-electron chi connectivity index (χ3n) is 4.51. The number of methoxy groups -OCH3 is 1. The number of hydrogen-bond donors (Lipinski definition) is 2. The van der Waals surface area contributed by atoms with Crippen molar-refractivity contribution in [3.8, 4) is 5.75 Å². The van der Waals surface area contributed by atoms with E-state index >= 15 is 0 Å². The van der Waals surface area contributed by atoms with Crippen LogP contribution < -0.4 is 10.1 Å². The summed E-state index contributed by atoms with van der Waals surface area (Å²) in [6, 6.07) is 11.1. The summed E-state index contributed by atoms with van der Waals surface area (Å²) >= 11 is 0. The molecule has 0 atom stereocenters. The average molecular weight is 362 g/mol. The zero-order valence-electron chi connectivity index (χ0n) is 14.9. The van der Waals surface area contributed by atoms with Crippen LogP contribution >= 0.6 is 0 Å². The number of ether oxygens (including phenoxy) is 1. The van der Waals surface area contributed by atoms with Gasteiger partial charge in [0.15, 0.2) is 5.82 Å². The van der Waals surface area contributed by atoms with Crippen LogP contribution in [0, 0.1) is 6.92 Å². The van der Waals surface area contributed by atoms with Crippen LogP contribution in [0.5, 0.6) is 5.75 Å². The van der Waals surface area contributed by atoms with E-state index in [2.05, 4.69) is 10.3 Å². The van der Waals surface area contributed by atoms with Crippen LogP contribution in [-0.2, 0) is 6.54 Å². The summed E-state index contributed by atoms with van der Waals surface area (Å²) in [6.45, 7) is 2.45. The zero-order chi connectivity index (χ0) is 19.0. The lowest BCUT2D eigenvalue weighted by atomic mass is 10.1. The van der Waals surface area contributed by atoms with Crippen molar-refractivity contribution in [3.63, 3.8) is 0 Å². The summed E-state index contributed by atoms with van der Waals surface area (Å²) in [5.41, 5.74) is 4.37. The van der Waals surface area contributed by atoms with Gasteiger partial charge in [-0.2, -0.15) is 0 Å². The Bertz CT molecular complexity index is 1150. The van der Waals surface area contributed by atoms with E-state index in [9.17, 15) is 9.90 Å². The topological polar surface area (TPSA) is 88.8 Å². The third-order valence-corrected chi connectivity index (χ3v) is 4.51. The Morgan fingerprint density at radius 1 is 1.22 bits per heavy atom. The van der Waals surface area contributed by atoms with Gasteiger partial charge in [-0.15, -0.1) is 0 Å². The van der Waals surface area contributed by atoms with Gasteiger partial charge in [-0.1, -0.05) is 12.1 Å². The lowest BCUT2D eigenvalue weighted by Gasteiger charge is -2.12. The zero-order valence-corrected chi connectivity index (χ0v) is 14.9. The van der Waals surface area contributed by atoms with E-state index in [1.165, 1.54) is 0 Å². The van der Waals surface area contributed by atoms with Gasteiger partial charge in [0.05, 0.1) is 36.2 Å². The summed E-state index contributed by atoms with van der Waals surface area (Å²) in [7, 11) is 1.64. The maximum atomic E-state index is 11.4. The van der Waals surface area contributed by atoms with Crippen LogP contribution in [0.1, 0.15) is 21.5 Å². The van der Waals surface area contributed by atoms with Gasteiger partial charge >= 0.3 is 5.97 Å². The lowest BCUT2D eigenvalue weighted by molar-refractivity contribution is 0.0697. The van der Waals surface area contributed by atoms with Gasteiger partial charge in [0.25, 0.3) is 0 Å². The molecule has 2 aromatic heterocycles. The highest BCUT2D eigenvalue weighted by molar-refractivity contribution is 5.95. The fourth-order valence-electron chi connectivity index (χ4n) is 3.10. The van der Waals surface area contributed by atoms with Crippen molar-refractivity contribution < 1.29 is 14.6 Å². The fraction of sp³-hybridized carbons (Fsp3) is 0.150. The number of aromatic nitrogens is 3. The van der Waals surface area contributed by atoms with E-state index in [-0.39, 0.29) is 5.56 Å². The van der Waals surface area contributed by atoms with Crippen molar-refractivity contribution >= 4 is 28.3 Å². The number of carboxylic acids is 1. The molecule has 0 bridgehead atoms. The van der Waals surface area contributed by atoms with Crippen molar-refractivity contribution in [3.05, 3.63) is 65.6 Å². The Hall–Kier alpha value is -3.61. The summed E-state index contributed by atoms with van der Waals surface area (Å²) in [4.78, 5) is 20.3. The van der Waals surface area contributed by atoms with E-state index in [1.807, 2.05) is 35.6 Å². The second-order valence-electron chi connectivity index (χ2n) is 6.28. The number of carbonyl (C=O) groups is 1. The van der Waals surface area contributed by atoms with E-state index in [0.717, 1.165) is 33.4 Å². The molecule has 0 radical (unpaired) electrons. The Labute approximate surface area is 155 Å². The molecule has 0 aliphatic carbocycles. The summed E-state index contributed by atoms with van der Waals surface area (Å²) in [5, 5.41) is 12.7. The highest BCUT2D eigenvalue weighted by Gasteiger charge is 2.14. The van der Waals surface area contributed by atoms with E-state index in [0.29, 0.717) is 12.4 Å². The minimum Gasteiger partial charge on any atom is -0.497 e. The molecule has 2 aromatic carbocycles. The summed E-state index contributed by atoms with van der Waals surface area (Å²) in [6.07, 6.45) is 3.38. The van der Waals surface area contributed by atoms with Gasteiger partial charge in [-0.25, -0.2) is 14.8 Å². The Kier molecular flexibility index (Phi) is 4.12. The second kappa shape index (κ2) is 6.60. The second-order valence-corrected chi connectivity index (χ2v) is 6.28. The number of anilines is 1. The first kappa shape index (κ1) is 16.8. The lowest BCUT2D eigenvalue weighted by Crippen LogP contribution is -2.06.